The maximum absolute atomic E-state index is 14.1. The second-order valence-electron chi connectivity index (χ2n) is 11.9. The molecule has 4 aromatic rings. The fraction of sp³-hybridized carbons (Fsp3) is 0.353. The van der Waals surface area contributed by atoms with Crippen LogP contribution in [0.4, 0.5) is 27.8 Å². The number of furan rings is 1. The number of Topliss-reactive ketones (excluding diaryl/α,β-unsaturated/α-hetero) is 1. The van der Waals surface area contributed by atoms with E-state index in [1.54, 1.807) is 31.2 Å². The predicted molar refractivity (Wildman–Crippen MR) is 164 cm³/mol. The van der Waals surface area contributed by atoms with Crippen molar-refractivity contribution in [2.24, 2.45) is 11.3 Å². The summed E-state index contributed by atoms with van der Waals surface area (Å²) in [5.74, 6) is -6.14. The smallest absolute Gasteiger partial charge is 0.455 e. The minimum atomic E-state index is -5.84. The molecule has 1 fully saturated rings. The van der Waals surface area contributed by atoms with Crippen molar-refractivity contribution >= 4 is 28.6 Å². The number of benzene rings is 2. The van der Waals surface area contributed by atoms with E-state index in [1.807, 2.05) is 6.92 Å². The molecule has 0 spiro atoms. The molecular formula is C34H31F5N4O4. The van der Waals surface area contributed by atoms with Gasteiger partial charge in [-0.25, -0.2) is 0 Å². The molecule has 0 aliphatic heterocycles. The Morgan fingerprint density at radius 2 is 1.72 bits per heavy atom. The molecule has 2 N–H and O–H groups in total. The molecule has 13 heteroatoms. The van der Waals surface area contributed by atoms with Crippen LogP contribution in [0.25, 0.3) is 33.6 Å². The van der Waals surface area contributed by atoms with Crippen molar-refractivity contribution in [3.8, 4) is 34.3 Å². The van der Waals surface area contributed by atoms with Gasteiger partial charge in [0, 0.05) is 24.6 Å². The van der Waals surface area contributed by atoms with Crippen LogP contribution in [0.2, 0.25) is 0 Å². The number of hydrogen-bond donors (Lipinski definition) is 2. The van der Waals surface area contributed by atoms with E-state index < -0.39 is 41.6 Å². The lowest BCUT2D eigenvalue weighted by atomic mass is 9.80. The van der Waals surface area contributed by atoms with Crippen molar-refractivity contribution < 1.29 is 40.7 Å². The Morgan fingerprint density at radius 3 is 2.30 bits per heavy atom. The SMILES string of the molecule is CNC(=O)c1c(-c2ccc(C)cc2)oc2nc(NCC(F)(F)C(F)(F)F)c(-c3ccc(OC)c(C(=O)CC(C)(C#N)C4CC4)c3)cc12. The van der Waals surface area contributed by atoms with E-state index in [1.165, 1.54) is 38.4 Å². The lowest BCUT2D eigenvalue weighted by Crippen LogP contribution is -2.42. The normalized spacial score (nSPS) is 14.7. The number of hydrogen-bond acceptors (Lipinski definition) is 7. The second kappa shape index (κ2) is 12.3. The first-order chi connectivity index (χ1) is 22.1. The highest BCUT2D eigenvalue weighted by atomic mass is 19.4. The van der Waals surface area contributed by atoms with E-state index in [0.29, 0.717) is 5.56 Å². The standard InChI is InChI=1S/C34H31F5N4O4/c1-18-5-7-19(8-6-18)28-27(30(45)41-3)24-14-22(29(43-31(24)47-28)42-17-33(35,36)34(37,38)39)20-9-12-26(46-4)23(13-20)25(44)15-32(2,16-40)21-10-11-21/h5-9,12-14,21H,10-11,15,17H2,1-4H3,(H,41,45)(H,42,43). The molecule has 2 aromatic carbocycles. The van der Waals surface area contributed by atoms with Crippen molar-refractivity contribution in [2.45, 2.75) is 45.2 Å². The van der Waals surface area contributed by atoms with Gasteiger partial charge >= 0.3 is 12.1 Å². The van der Waals surface area contributed by atoms with E-state index >= 15 is 0 Å². The number of methoxy groups -OCH3 is 1. The van der Waals surface area contributed by atoms with Gasteiger partial charge in [-0.05, 0) is 56.4 Å². The molecule has 47 heavy (non-hydrogen) atoms. The number of carbonyl (C=O) groups excluding carboxylic acids is 2. The van der Waals surface area contributed by atoms with Crippen LogP contribution in [-0.2, 0) is 0 Å². The zero-order chi connectivity index (χ0) is 34.3. The fourth-order valence-electron chi connectivity index (χ4n) is 5.45. The van der Waals surface area contributed by atoms with Crippen LogP contribution in [-0.4, -0.2) is 49.5 Å². The van der Waals surface area contributed by atoms with Gasteiger partial charge in [-0.3, -0.25) is 9.59 Å². The predicted octanol–water partition coefficient (Wildman–Crippen LogP) is 7.96. The number of fused-ring (bicyclic) bond motifs is 1. The van der Waals surface area contributed by atoms with Crippen molar-refractivity contribution in [3.63, 3.8) is 0 Å². The van der Waals surface area contributed by atoms with Gasteiger partial charge in [-0.1, -0.05) is 35.9 Å². The van der Waals surface area contributed by atoms with Crippen molar-refractivity contribution in [1.82, 2.24) is 10.3 Å². The number of amides is 1. The van der Waals surface area contributed by atoms with E-state index in [9.17, 15) is 36.8 Å². The highest BCUT2D eigenvalue weighted by molar-refractivity contribution is 6.12. The molecule has 246 valence electrons. The Balaban J connectivity index is 1.70. The number of nitrogens with zero attached hydrogens (tertiary/aromatic N) is 2. The number of nitriles is 1. The average Bonchev–Trinajstić information content (AvgIpc) is 3.84. The number of rotatable bonds is 11. The molecule has 2 aromatic heterocycles. The number of ether oxygens (including phenoxy) is 1. The summed E-state index contributed by atoms with van der Waals surface area (Å²) in [6, 6.07) is 15.0. The number of carbonyl (C=O) groups is 2. The number of nitrogens with one attached hydrogen (secondary N) is 2. The molecule has 5 rings (SSSR count). The van der Waals surface area contributed by atoms with E-state index in [0.717, 1.165) is 18.4 Å². The molecule has 1 saturated carbocycles. The van der Waals surface area contributed by atoms with Gasteiger partial charge in [0.2, 0.25) is 5.71 Å². The molecule has 0 radical (unpaired) electrons. The first-order valence-corrected chi connectivity index (χ1v) is 14.7. The lowest BCUT2D eigenvalue weighted by Gasteiger charge is -2.22. The van der Waals surface area contributed by atoms with Gasteiger partial charge in [0.25, 0.3) is 5.91 Å². The molecule has 8 nitrogen and oxygen atoms in total. The fourth-order valence-corrected chi connectivity index (χ4v) is 5.45. The summed E-state index contributed by atoms with van der Waals surface area (Å²) in [5.41, 5.74) is 0.677. The molecule has 1 amide bonds. The summed E-state index contributed by atoms with van der Waals surface area (Å²) in [6.07, 6.45) is -4.31. The summed E-state index contributed by atoms with van der Waals surface area (Å²) in [7, 11) is 2.76. The van der Waals surface area contributed by atoms with Gasteiger partial charge in [0.05, 0.1) is 41.7 Å². The van der Waals surface area contributed by atoms with E-state index in [4.69, 9.17) is 9.15 Å². The van der Waals surface area contributed by atoms with Crippen LogP contribution in [0, 0.1) is 29.6 Å². The van der Waals surface area contributed by atoms with Crippen molar-refractivity contribution in [3.05, 3.63) is 65.2 Å². The summed E-state index contributed by atoms with van der Waals surface area (Å²) >= 11 is 0. The third kappa shape index (κ3) is 6.50. The molecule has 0 bridgehead atoms. The highest BCUT2D eigenvalue weighted by Gasteiger charge is 2.57. The van der Waals surface area contributed by atoms with Crippen LogP contribution in [0.3, 0.4) is 0 Å². The van der Waals surface area contributed by atoms with Crippen molar-refractivity contribution in [1.29, 1.82) is 5.26 Å². The summed E-state index contributed by atoms with van der Waals surface area (Å²) < 4.78 is 78.9. The van der Waals surface area contributed by atoms with Crippen LogP contribution < -0.4 is 15.4 Å². The number of ketones is 1. The Kier molecular flexibility index (Phi) is 8.75. The first kappa shape index (κ1) is 33.4. The van der Waals surface area contributed by atoms with Gasteiger partial charge < -0.3 is 19.8 Å². The Morgan fingerprint density at radius 1 is 1.06 bits per heavy atom. The molecule has 1 aliphatic carbocycles. The Bertz CT molecular complexity index is 1890. The Hall–Kier alpha value is -4.99. The largest absolute Gasteiger partial charge is 0.496 e. The minimum Gasteiger partial charge on any atom is -0.496 e. The third-order valence-electron chi connectivity index (χ3n) is 8.42. The molecule has 1 aliphatic rings. The minimum absolute atomic E-state index is 0.0128. The zero-order valence-electron chi connectivity index (χ0n) is 25.9. The molecular weight excluding hydrogens is 623 g/mol. The lowest BCUT2D eigenvalue weighted by molar-refractivity contribution is -0.275. The number of aromatic nitrogens is 1. The second-order valence-corrected chi connectivity index (χ2v) is 11.9. The molecule has 0 saturated heterocycles. The number of aryl methyl sites for hydroxylation is 1. The van der Waals surface area contributed by atoms with E-state index in [-0.39, 0.29) is 57.2 Å². The zero-order valence-corrected chi connectivity index (χ0v) is 25.9. The molecule has 1 unspecified atom stereocenters. The first-order valence-electron chi connectivity index (χ1n) is 14.7. The third-order valence-corrected chi connectivity index (χ3v) is 8.42. The number of pyridine rings is 1. The maximum Gasteiger partial charge on any atom is 0.455 e. The monoisotopic (exact) mass is 654 g/mol. The number of halogens is 5. The van der Waals surface area contributed by atoms with Gasteiger partial charge in [0.1, 0.15) is 17.3 Å². The summed E-state index contributed by atoms with van der Waals surface area (Å²) in [4.78, 5) is 31.0. The summed E-state index contributed by atoms with van der Waals surface area (Å²) in [6.45, 7) is 1.73. The summed E-state index contributed by atoms with van der Waals surface area (Å²) in [5, 5.41) is 14.6. The maximum atomic E-state index is 14.1. The van der Waals surface area contributed by atoms with Crippen molar-refractivity contribution in [2.75, 3.05) is 26.0 Å². The molecule has 2 heterocycles. The van der Waals surface area contributed by atoms with Crippen LogP contribution in [0.5, 0.6) is 5.75 Å². The Labute approximate surface area is 266 Å². The van der Waals surface area contributed by atoms with Gasteiger partial charge in [-0.2, -0.15) is 32.2 Å². The van der Waals surface area contributed by atoms with Gasteiger partial charge in [-0.15, -0.1) is 0 Å². The molecule has 1 atom stereocenters. The van der Waals surface area contributed by atoms with Crippen LogP contribution in [0.1, 0.15) is 52.5 Å². The number of anilines is 1. The van der Waals surface area contributed by atoms with Crippen LogP contribution in [0.15, 0.2) is 52.9 Å². The average molecular weight is 655 g/mol. The van der Waals surface area contributed by atoms with Gasteiger partial charge in [0.15, 0.2) is 5.78 Å². The van der Waals surface area contributed by atoms with Crippen LogP contribution >= 0.6 is 0 Å². The topological polar surface area (TPSA) is 117 Å². The highest BCUT2D eigenvalue weighted by Crippen LogP contribution is 2.48. The van der Waals surface area contributed by atoms with E-state index in [2.05, 4.69) is 21.7 Å². The number of alkyl halides is 5. The quantitative estimate of drug-likeness (QED) is 0.124.